The number of pyridine rings is 1. The molecule has 0 bridgehead atoms. The number of hydrogen-bond donors (Lipinski definition) is 0. The Morgan fingerprint density at radius 3 is 2.43 bits per heavy atom. The first kappa shape index (κ1) is 23.8. The summed E-state index contributed by atoms with van der Waals surface area (Å²) in [7, 11) is 4.23. The fourth-order valence-electron chi connectivity index (χ4n) is 5.89. The number of fused-ring (bicyclic) bond motifs is 1. The highest BCUT2D eigenvalue weighted by molar-refractivity contribution is 5.94. The van der Waals surface area contributed by atoms with Crippen LogP contribution in [0.15, 0.2) is 30.5 Å². The highest BCUT2D eigenvalue weighted by Crippen LogP contribution is 2.34. The molecule has 0 aliphatic carbocycles. The second-order valence-electron chi connectivity index (χ2n) is 10.7. The van der Waals surface area contributed by atoms with E-state index in [1.165, 1.54) is 5.56 Å². The minimum Gasteiger partial charge on any atom is -0.368 e. The Kier molecular flexibility index (Phi) is 6.53. The third-order valence-corrected chi connectivity index (χ3v) is 7.79. The summed E-state index contributed by atoms with van der Waals surface area (Å²) >= 11 is 0. The van der Waals surface area contributed by atoms with Crippen LogP contribution in [0.2, 0.25) is 0 Å². The zero-order chi connectivity index (χ0) is 24.7. The Morgan fingerprint density at radius 2 is 1.74 bits per heavy atom. The number of rotatable bonds is 5. The maximum absolute atomic E-state index is 13.2. The molecule has 2 aliphatic rings. The van der Waals surface area contributed by atoms with Gasteiger partial charge in [0.25, 0.3) is 0 Å². The van der Waals surface area contributed by atoms with E-state index in [-0.39, 0.29) is 5.92 Å². The number of nitrogens with zero attached hydrogens (tertiary/aromatic N) is 6. The van der Waals surface area contributed by atoms with Gasteiger partial charge in [0, 0.05) is 49.7 Å². The van der Waals surface area contributed by atoms with E-state index in [0.29, 0.717) is 11.8 Å². The van der Waals surface area contributed by atoms with Gasteiger partial charge in [-0.25, -0.2) is 4.68 Å². The molecule has 0 saturated carbocycles. The molecule has 0 N–H and O–H groups in total. The van der Waals surface area contributed by atoms with Gasteiger partial charge in [0.1, 0.15) is 5.52 Å². The standard InChI is InChI=1S/C28H38N6O/c1-19-6-8-24(9-7-19)34-21(3)26-20(2)29-16-25(27(26)30-34)32-14-11-23(12-15-32)28(35)33-13-10-22(18-33)17-31(4)5/h6-9,16,22-23H,10-15,17-18H2,1-5H3. The van der Waals surface area contributed by atoms with Crippen molar-refractivity contribution >= 4 is 22.5 Å². The highest BCUT2D eigenvalue weighted by Gasteiger charge is 2.33. The average Bonchev–Trinajstić information content (AvgIpc) is 3.44. The summed E-state index contributed by atoms with van der Waals surface area (Å²) in [5, 5.41) is 6.18. The predicted molar refractivity (Wildman–Crippen MR) is 141 cm³/mol. The van der Waals surface area contributed by atoms with Gasteiger partial charge in [0.2, 0.25) is 5.91 Å². The Balaban J connectivity index is 1.32. The highest BCUT2D eigenvalue weighted by atomic mass is 16.2. The molecule has 1 amide bonds. The van der Waals surface area contributed by atoms with Crippen molar-refractivity contribution in [2.75, 3.05) is 51.7 Å². The lowest BCUT2D eigenvalue weighted by Gasteiger charge is -2.34. The molecule has 2 saturated heterocycles. The van der Waals surface area contributed by atoms with Crippen molar-refractivity contribution < 1.29 is 4.79 Å². The van der Waals surface area contributed by atoms with Crippen molar-refractivity contribution in [3.8, 4) is 5.69 Å². The van der Waals surface area contributed by atoms with E-state index in [1.807, 2.05) is 10.9 Å². The lowest BCUT2D eigenvalue weighted by molar-refractivity contribution is -0.135. The molecule has 3 aromatic rings. The quantitative estimate of drug-likeness (QED) is 0.560. The van der Waals surface area contributed by atoms with Crippen LogP contribution in [0, 0.1) is 32.6 Å². The Labute approximate surface area is 208 Å². The fraction of sp³-hybridized carbons (Fsp3) is 0.536. The maximum atomic E-state index is 13.2. The number of piperidine rings is 1. The summed E-state index contributed by atoms with van der Waals surface area (Å²) in [6.45, 7) is 10.9. The first-order chi connectivity index (χ1) is 16.8. The maximum Gasteiger partial charge on any atom is 0.225 e. The van der Waals surface area contributed by atoms with Gasteiger partial charge in [-0.2, -0.15) is 5.10 Å². The van der Waals surface area contributed by atoms with Crippen molar-refractivity contribution in [1.29, 1.82) is 0 Å². The molecule has 0 radical (unpaired) electrons. The molecule has 35 heavy (non-hydrogen) atoms. The van der Waals surface area contributed by atoms with E-state index in [2.05, 4.69) is 73.8 Å². The fourth-order valence-corrected chi connectivity index (χ4v) is 5.89. The molecule has 2 fully saturated rings. The SMILES string of the molecule is Cc1ccc(-n2nc3c(N4CCC(C(=O)N5CCC(CN(C)C)C5)CC4)cnc(C)c3c2C)cc1. The van der Waals surface area contributed by atoms with Crippen molar-refractivity contribution in [1.82, 2.24) is 24.6 Å². The van der Waals surface area contributed by atoms with Crippen LogP contribution in [-0.2, 0) is 4.79 Å². The second-order valence-corrected chi connectivity index (χ2v) is 10.7. The first-order valence-electron chi connectivity index (χ1n) is 12.9. The van der Waals surface area contributed by atoms with Crippen LogP contribution < -0.4 is 4.90 Å². The molecule has 1 aromatic carbocycles. The largest absolute Gasteiger partial charge is 0.368 e. The van der Waals surface area contributed by atoms with Crippen LogP contribution in [-0.4, -0.2) is 77.3 Å². The zero-order valence-electron chi connectivity index (χ0n) is 21.8. The summed E-state index contributed by atoms with van der Waals surface area (Å²) in [5.74, 6) is 1.09. The molecule has 0 spiro atoms. The van der Waals surface area contributed by atoms with Crippen LogP contribution >= 0.6 is 0 Å². The second kappa shape index (κ2) is 9.61. The van der Waals surface area contributed by atoms with Gasteiger partial charge < -0.3 is 14.7 Å². The third-order valence-electron chi connectivity index (χ3n) is 7.79. The van der Waals surface area contributed by atoms with E-state index in [4.69, 9.17) is 10.1 Å². The van der Waals surface area contributed by atoms with Crippen LogP contribution in [0.4, 0.5) is 5.69 Å². The van der Waals surface area contributed by atoms with Crippen LogP contribution in [0.5, 0.6) is 0 Å². The Morgan fingerprint density at radius 1 is 1.03 bits per heavy atom. The smallest absolute Gasteiger partial charge is 0.225 e. The number of benzene rings is 1. The van der Waals surface area contributed by atoms with Gasteiger partial charge in [0.05, 0.1) is 23.3 Å². The molecule has 1 unspecified atom stereocenters. The number of carbonyl (C=O) groups excluding carboxylic acids is 1. The van der Waals surface area contributed by atoms with Crippen LogP contribution in [0.25, 0.3) is 16.6 Å². The molecule has 186 valence electrons. The summed E-state index contributed by atoms with van der Waals surface area (Å²) in [6, 6.07) is 8.49. The molecule has 5 rings (SSSR count). The normalized spacial score (nSPS) is 19.3. The minimum absolute atomic E-state index is 0.130. The van der Waals surface area contributed by atoms with Crippen LogP contribution in [0.3, 0.4) is 0 Å². The van der Waals surface area contributed by atoms with Crippen molar-refractivity contribution in [2.24, 2.45) is 11.8 Å². The minimum atomic E-state index is 0.130. The molecular weight excluding hydrogens is 436 g/mol. The van der Waals surface area contributed by atoms with Gasteiger partial charge in [-0.05, 0) is 72.2 Å². The van der Waals surface area contributed by atoms with Crippen molar-refractivity contribution in [2.45, 2.75) is 40.0 Å². The first-order valence-corrected chi connectivity index (χ1v) is 12.9. The van der Waals surface area contributed by atoms with E-state index in [0.717, 1.165) is 85.7 Å². The molecule has 2 aliphatic heterocycles. The number of anilines is 1. The number of amides is 1. The van der Waals surface area contributed by atoms with E-state index < -0.39 is 0 Å². The van der Waals surface area contributed by atoms with Gasteiger partial charge in [-0.15, -0.1) is 0 Å². The molecule has 7 nitrogen and oxygen atoms in total. The summed E-state index contributed by atoms with van der Waals surface area (Å²) in [5.41, 5.74) is 6.51. The van der Waals surface area contributed by atoms with Gasteiger partial charge in [-0.1, -0.05) is 17.7 Å². The average molecular weight is 475 g/mol. The molecule has 2 aromatic heterocycles. The summed E-state index contributed by atoms with van der Waals surface area (Å²) < 4.78 is 2.04. The number of likely N-dealkylation sites (tertiary alicyclic amines) is 1. The predicted octanol–water partition coefficient (Wildman–Crippen LogP) is 3.97. The number of hydrogen-bond acceptors (Lipinski definition) is 5. The molecular formula is C28H38N6O. The van der Waals surface area contributed by atoms with E-state index in [9.17, 15) is 4.79 Å². The summed E-state index contributed by atoms with van der Waals surface area (Å²) in [6.07, 6.45) is 4.87. The summed E-state index contributed by atoms with van der Waals surface area (Å²) in [4.78, 5) is 24.7. The van der Waals surface area contributed by atoms with Crippen LogP contribution in [0.1, 0.15) is 36.2 Å². The van der Waals surface area contributed by atoms with Gasteiger partial charge >= 0.3 is 0 Å². The molecule has 7 heteroatoms. The molecule has 4 heterocycles. The van der Waals surface area contributed by atoms with Gasteiger partial charge in [0.15, 0.2) is 0 Å². The number of aryl methyl sites for hydroxylation is 3. The Bertz CT molecular complexity index is 1210. The lowest BCUT2D eigenvalue weighted by atomic mass is 9.95. The number of carbonyl (C=O) groups is 1. The molecule has 1 atom stereocenters. The van der Waals surface area contributed by atoms with E-state index >= 15 is 0 Å². The van der Waals surface area contributed by atoms with Crippen molar-refractivity contribution in [3.63, 3.8) is 0 Å². The topological polar surface area (TPSA) is 57.5 Å². The third kappa shape index (κ3) is 4.66. The van der Waals surface area contributed by atoms with Crippen molar-refractivity contribution in [3.05, 3.63) is 47.4 Å². The monoisotopic (exact) mass is 474 g/mol. The lowest BCUT2D eigenvalue weighted by Crippen LogP contribution is -2.42. The zero-order valence-corrected chi connectivity index (χ0v) is 21.8. The van der Waals surface area contributed by atoms with E-state index in [1.54, 1.807) is 0 Å². The van der Waals surface area contributed by atoms with Gasteiger partial charge in [-0.3, -0.25) is 9.78 Å². The number of aromatic nitrogens is 3. The Hall–Kier alpha value is -2.93.